The molecular weight excluding hydrogens is 344 g/mol. The molecule has 5 nitrogen and oxygen atoms in total. The Labute approximate surface area is 157 Å². The molecule has 0 aliphatic heterocycles. The first-order valence-corrected chi connectivity index (χ1v) is 9.51. The van der Waals surface area contributed by atoms with Gasteiger partial charge in [0.15, 0.2) is 16.8 Å². The van der Waals surface area contributed by atoms with Gasteiger partial charge in [0.25, 0.3) is 0 Å². The van der Waals surface area contributed by atoms with Gasteiger partial charge in [-0.15, -0.1) is 10.2 Å². The largest absolute Gasteiger partial charge is 0.302 e. The summed E-state index contributed by atoms with van der Waals surface area (Å²) >= 11 is 1.45. The molecule has 2 aromatic heterocycles. The van der Waals surface area contributed by atoms with Crippen molar-refractivity contribution in [3.8, 4) is 11.4 Å². The molecule has 6 heteroatoms. The third-order valence-corrected chi connectivity index (χ3v) is 5.49. The molecule has 0 radical (unpaired) electrons. The molecule has 3 aromatic rings. The van der Waals surface area contributed by atoms with Gasteiger partial charge in [-0.2, -0.15) is 0 Å². The van der Waals surface area contributed by atoms with E-state index in [4.69, 9.17) is 0 Å². The first kappa shape index (κ1) is 18.3. The van der Waals surface area contributed by atoms with Crippen LogP contribution in [0.5, 0.6) is 0 Å². The van der Waals surface area contributed by atoms with Crippen LogP contribution >= 0.6 is 11.8 Å². The van der Waals surface area contributed by atoms with Crippen molar-refractivity contribution in [3.63, 3.8) is 0 Å². The lowest BCUT2D eigenvalue weighted by atomic mass is 10.0. The summed E-state index contributed by atoms with van der Waals surface area (Å²) in [7, 11) is 0. The first-order valence-electron chi connectivity index (χ1n) is 8.63. The second kappa shape index (κ2) is 7.83. The first-order chi connectivity index (χ1) is 12.5. The number of hydrogen-bond donors (Lipinski definition) is 0. The molecule has 0 fully saturated rings. The number of ketones is 1. The van der Waals surface area contributed by atoms with Gasteiger partial charge in [0, 0.05) is 30.1 Å². The Bertz CT molecular complexity index is 921. The van der Waals surface area contributed by atoms with Crippen molar-refractivity contribution in [1.82, 2.24) is 19.7 Å². The van der Waals surface area contributed by atoms with Crippen molar-refractivity contribution in [2.75, 3.05) is 0 Å². The lowest BCUT2D eigenvalue weighted by molar-refractivity contribution is 0.0993. The number of pyridine rings is 1. The Kier molecular flexibility index (Phi) is 5.52. The summed E-state index contributed by atoms with van der Waals surface area (Å²) in [6.07, 6.45) is 3.48. The maximum atomic E-state index is 12.8. The Morgan fingerprint density at radius 3 is 2.50 bits per heavy atom. The van der Waals surface area contributed by atoms with Crippen LogP contribution in [0.3, 0.4) is 0 Å². The molecule has 0 saturated carbocycles. The standard InChI is InChI=1S/C20H22N4OS/c1-5-24-19(16-8-10-21-11-9-16)22-23-20(24)26-15(4)18(25)17-7-6-13(2)14(3)12-17/h6-12,15H,5H2,1-4H3. The molecule has 1 aromatic carbocycles. The zero-order chi connectivity index (χ0) is 18.7. The quantitative estimate of drug-likeness (QED) is 0.480. The lowest BCUT2D eigenvalue weighted by Gasteiger charge is -2.12. The van der Waals surface area contributed by atoms with Gasteiger partial charge in [-0.25, -0.2) is 0 Å². The highest BCUT2D eigenvalue weighted by molar-refractivity contribution is 8.00. The number of carbonyl (C=O) groups is 1. The highest BCUT2D eigenvalue weighted by Gasteiger charge is 2.21. The van der Waals surface area contributed by atoms with Gasteiger partial charge in [0.2, 0.25) is 0 Å². The van der Waals surface area contributed by atoms with E-state index in [1.165, 1.54) is 17.3 Å². The maximum Gasteiger partial charge on any atom is 0.192 e. The predicted molar refractivity (Wildman–Crippen MR) is 104 cm³/mol. The molecular formula is C20H22N4OS. The van der Waals surface area contributed by atoms with Crippen LogP contribution in [0.25, 0.3) is 11.4 Å². The van der Waals surface area contributed by atoms with Crippen LogP contribution in [0.4, 0.5) is 0 Å². The van der Waals surface area contributed by atoms with Crippen molar-refractivity contribution >= 4 is 17.5 Å². The number of Topliss-reactive ketones (excluding diaryl/α,β-unsaturated/α-hetero) is 1. The van der Waals surface area contributed by atoms with Crippen molar-refractivity contribution < 1.29 is 4.79 Å². The molecule has 1 unspecified atom stereocenters. The average molecular weight is 366 g/mol. The second-order valence-electron chi connectivity index (χ2n) is 6.21. The normalized spacial score (nSPS) is 12.2. The molecule has 3 rings (SSSR count). The number of carbonyl (C=O) groups excluding carboxylic acids is 1. The third kappa shape index (κ3) is 3.70. The van der Waals surface area contributed by atoms with E-state index in [1.807, 2.05) is 62.6 Å². The monoisotopic (exact) mass is 366 g/mol. The molecule has 1 atom stereocenters. The van der Waals surface area contributed by atoms with Crippen LogP contribution in [0.15, 0.2) is 47.9 Å². The molecule has 134 valence electrons. The molecule has 0 saturated heterocycles. The summed E-state index contributed by atoms with van der Waals surface area (Å²) < 4.78 is 2.03. The number of thioether (sulfide) groups is 1. The highest BCUT2D eigenvalue weighted by Crippen LogP contribution is 2.28. The van der Waals surface area contributed by atoms with Gasteiger partial charge in [-0.3, -0.25) is 9.78 Å². The van der Waals surface area contributed by atoms with Crippen LogP contribution in [0.1, 0.15) is 35.3 Å². The molecule has 2 heterocycles. The summed E-state index contributed by atoms with van der Waals surface area (Å²) in [6.45, 7) is 8.78. The molecule has 0 bridgehead atoms. The Hall–Kier alpha value is -2.47. The van der Waals surface area contributed by atoms with Crippen molar-refractivity contribution in [3.05, 3.63) is 59.4 Å². The smallest absolute Gasteiger partial charge is 0.192 e. The average Bonchev–Trinajstić information content (AvgIpc) is 3.06. The van der Waals surface area contributed by atoms with Gasteiger partial charge in [-0.05, 0) is 57.0 Å². The summed E-state index contributed by atoms with van der Waals surface area (Å²) in [5.74, 6) is 0.900. The highest BCUT2D eigenvalue weighted by atomic mass is 32.2. The summed E-state index contributed by atoms with van der Waals surface area (Å²) in [4.78, 5) is 16.8. The van der Waals surface area contributed by atoms with Gasteiger partial charge >= 0.3 is 0 Å². The van der Waals surface area contributed by atoms with Crippen molar-refractivity contribution in [2.24, 2.45) is 0 Å². The number of rotatable bonds is 6. The van der Waals surface area contributed by atoms with Crippen LogP contribution in [-0.2, 0) is 6.54 Å². The molecule has 0 aliphatic carbocycles. The third-order valence-electron chi connectivity index (χ3n) is 4.41. The van der Waals surface area contributed by atoms with Gasteiger partial charge in [-0.1, -0.05) is 23.9 Å². The van der Waals surface area contributed by atoms with E-state index in [0.29, 0.717) is 0 Å². The van der Waals surface area contributed by atoms with Gasteiger partial charge < -0.3 is 4.57 Å². The van der Waals surface area contributed by atoms with E-state index in [0.717, 1.165) is 34.2 Å². The number of benzene rings is 1. The fraction of sp³-hybridized carbons (Fsp3) is 0.300. The zero-order valence-corrected chi connectivity index (χ0v) is 16.2. The lowest BCUT2D eigenvalue weighted by Crippen LogP contribution is -2.15. The molecule has 0 N–H and O–H groups in total. The van der Waals surface area contributed by atoms with Crippen LogP contribution < -0.4 is 0 Å². The Balaban J connectivity index is 1.83. The molecule has 26 heavy (non-hydrogen) atoms. The Morgan fingerprint density at radius 1 is 1.12 bits per heavy atom. The van der Waals surface area contributed by atoms with E-state index in [9.17, 15) is 4.79 Å². The number of nitrogens with zero attached hydrogens (tertiary/aromatic N) is 4. The minimum absolute atomic E-state index is 0.106. The van der Waals surface area contributed by atoms with E-state index < -0.39 is 0 Å². The SMILES string of the molecule is CCn1c(SC(C)C(=O)c2ccc(C)c(C)c2)nnc1-c1ccncc1. The number of aryl methyl sites for hydroxylation is 2. The van der Waals surface area contributed by atoms with E-state index in [1.54, 1.807) is 12.4 Å². The predicted octanol–water partition coefficient (Wildman–Crippen LogP) is 4.34. The van der Waals surface area contributed by atoms with Crippen LogP contribution in [0, 0.1) is 13.8 Å². The van der Waals surface area contributed by atoms with E-state index in [-0.39, 0.29) is 11.0 Å². The van der Waals surface area contributed by atoms with Gasteiger partial charge in [0.1, 0.15) is 0 Å². The second-order valence-corrected chi connectivity index (χ2v) is 7.52. The van der Waals surface area contributed by atoms with Crippen LogP contribution in [-0.4, -0.2) is 30.8 Å². The Morgan fingerprint density at radius 2 is 1.85 bits per heavy atom. The number of aromatic nitrogens is 4. The summed E-state index contributed by atoms with van der Waals surface area (Å²) in [5, 5.41) is 9.15. The minimum atomic E-state index is -0.239. The summed E-state index contributed by atoms with van der Waals surface area (Å²) in [6, 6.07) is 9.68. The topological polar surface area (TPSA) is 60.7 Å². The summed E-state index contributed by atoms with van der Waals surface area (Å²) in [5.41, 5.74) is 4.03. The zero-order valence-electron chi connectivity index (χ0n) is 15.4. The van der Waals surface area contributed by atoms with Gasteiger partial charge in [0.05, 0.1) is 5.25 Å². The van der Waals surface area contributed by atoms with Crippen molar-refractivity contribution in [2.45, 2.75) is 44.6 Å². The molecule has 0 amide bonds. The molecule has 0 aliphatic rings. The van der Waals surface area contributed by atoms with E-state index in [2.05, 4.69) is 15.2 Å². The number of hydrogen-bond acceptors (Lipinski definition) is 5. The fourth-order valence-corrected chi connectivity index (χ4v) is 3.71. The minimum Gasteiger partial charge on any atom is -0.302 e. The van der Waals surface area contributed by atoms with Crippen LogP contribution in [0.2, 0.25) is 0 Å². The fourth-order valence-electron chi connectivity index (χ4n) is 2.72. The molecule has 0 spiro atoms. The van der Waals surface area contributed by atoms with E-state index >= 15 is 0 Å². The van der Waals surface area contributed by atoms with Crippen molar-refractivity contribution in [1.29, 1.82) is 0 Å². The maximum absolute atomic E-state index is 12.8.